The summed E-state index contributed by atoms with van der Waals surface area (Å²) in [5, 5.41) is 19.5. The number of anilines is 1. The van der Waals surface area contributed by atoms with E-state index in [-0.39, 0.29) is 17.0 Å². The number of benzene rings is 1. The fourth-order valence-corrected chi connectivity index (χ4v) is 2.80. The Morgan fingerprint density at radius 2 is 2.14 bits per heavy atom. The van der Waals surface area contributed by atoms with Crippen LogP contribution >= 0.6 is 0 Å². The Morgan fingerprint density at radius 3 is 2.86 bits per heavy atom. The summed E-state index contributed by atoms with van der Waals surface area (Å²) in [6.45, 7) is 1.47. The zero-order valence-corrected chi connectivity index (χ0v) is 15.6. The van der Waals surface area contributed by atoms with Gasteiger partial charge in [-0.2, -0.15) is 5.10 Å². The van der Waals surface area contributed by atoms with Gasteiger partial charge in [-0.25, -0.2) is 0 Å². The minimum absolute atomic E-state index is 0.0704. The van der Waals surface area contributed by atoms with Gasteiger partial charge in [0.2, 0.25) is 0 Å². The first-order valence-electron chi connectivity index (χ1n) is 8.99. The molecular weight excluding hydrogens is 362 g/mol. The van der Waals surface area contributed by atoms with Crippen molar-refractivity contribution in [3.05, 3.63) is 47.3 Å². The minimum Gasteiger partial charge on any atom is -0.507 e. The third-order valence-electron chi connectivity index (χ3n) is 4.24. The van der Waals surface area contributed by atoms with E-state index in [9.17, 15) is 14.7 Å². The number of carbonyl (C=O) groups is 2. The predicted molar refractivity (Wildman–Crippen MR) is 104 cm³/mol. The molecule has 5 N–H and O–H groups in total. The molecule has 0 radical (unpaired) electrons. The quantitative estimate of drug-likeness (QED) is 0.419. The lowest BCUT2D eigenvalue weighted by Gasteiger charge is -2.09. The Labute approximate surface area is 162 Å². The molecule has 0 spiro atoms. The third kappa shape index (κ3) is 4.32. The fraction of sp³-hybridized carbons (Fsp3) is 0.316. The number of rotatable bonds is 7. The number of aryl methyl sites for hydroxylation is 1. The van der Waals surface area contributed by atoms with Crippen LogP contribution in [0, 0.1) is 0 Å². The number of nitrogens with two attached hydrogens (primary N) is 1. The van der Waals surface area contributed by atoms with Crippen LogP contribution < -0.4 is 16.4 Å². The van der Waals surface area contributed by atoms with Crippen LogP contribution in [-0.2, 0) is 11.8 Å². The monoisotopic (exact) mass is 385 g/mol. The van der Waals surface area contributed by atoms with Crippen molar-refractivity contribution in [3.63, 3.8) is 0 Å². The molecule has 9 nitrogen and oxygen atoms in total. The lowest BCUT2D eigenvalue weighted by molar-refractivity contribution is 0.0949. The topological polar surface area (TPSA) is 132 Å². The number of nitrogens with zero attached hydrogens (tertiary/aromatic N) is 2. The van der Waals surface area contributed by atoms with Gasteiger partial charge in [0.1, 0.15) is 17.2 Å². The standard InChI is InChI=1S/C19H23N5O4/c1-24-15(17-4-2-9-28-17)11-14(23-24)19(27)22-12-5-6-16(25)13(10-12)18(26)21-8-3-7-20/h4-6,10-11,25H,2-3,7-9,20H2,1H3,(H,21,26)(H,22,27). The molecule has 9 heteroatoms. The molecule has 2 aromatic rings. The van der Waals surface area contributed by atoms with E-state index in [1.54, 1.807) is 17.8 Å². The second-order valence-corrected chi connectivity index (χ2v) is 6.33. The first kappa shape index (κ1) is 19.4. The van der Waals surface area contributed by atoms with E-state index in [1.165, 1.54) is 18.2 Å². The Morgan fingerprint density at radius 1 is 1.32 bits per heavy atom. The van der Waals surface area contributed by atoms with Crippen molar-refractivity contribution < 1.29 is 19.4 Å². The minimum atomic E-state index is -0.438. The number of aromatic hydroxyl groups is 1. The van der Waals surface area contributed by atoms with Crippen molar-refractivity contribution in [2.45, 2.75) is 12.8 Å². The second kappa shape index (κ2) is 8.57. The van der Waals surface area contributed by atoms with Crippen molar-refractivity contribution in [1.82, 2.24) is 15.1 Å². The predicted octanol–water partition coefficient (Wildman–Crippen LogP) is 1.22. The SMILES string of the molecule is Cn1nc(C(=O)Nc2ccc(O)c(C(=O)NCCCN)c2)cc1C1=CCCO1. The average Bonchev–Trinajstić information content (AvgIpc) is 3.32. The number of nitrogens with one attached hydrogen (secondary N) is 2. The molecule has 28 heavy (non-hydrogen) atoms. The molecule has 2 heterocycles. The van der Waals surface area contributed by atoms with Gasteiger partial charge in [-0.15, -0.1) is 0 Å². The van der Waals surface area contributed by atoms with Crippen molar-refractivity contribution >= 4 is 23.3 Å². The molecule has 1 aromatic heterocycles. The Bertz CT molecular complexity index is 919. The van der Waals surface area contributed by atoms with Gasteiger partial charge in [-0.1, -0.05) is 0 Å². The summed E-state index contributed by atoms with van der Waals surface area (Å²) in [5.74, 6) is -0.336. The van der Waals surface area contributed by atoms with Crippen molar-refractivity contribution in [3.8, 4) is 5.75 Å². The molecule has 0 atom stereocenters. The third-order valence-corrected chi connectivity index (χ3v) is 4.24. The normalized spacial score (nSPS) is 13.0. The van der Waals surface area contributed by atoms with Gasteiger partial charge >= 0.3 is 0 Å². The summed E-state index contributed by atoms with van der Waals surface area (Å²) >= 11 is 0. The van der Waals surface area contributed by atoms with E-state index in [4.69, 9.17) is 10.5 Å². The largest absolute Gasteiger partial charge is 0.507 e. The number of phenols is 1. The lowest BCUT2D eigenvalue weighted by Crippen LogP contribution is -2.26. The molecule has 0 unspecified atom stereocenters. The first-order chi connectivity index (χ1) is 13.5. The number of ether oxygens (including phenoxy) is 1. The molecule has 1 aliphatic rings. The first-order valence-corrected chi connectivity index (χ1v) is 8.99. The Kier molecular flexibility index (Phi) is 5.95. The van der Waals surface area contributed by atoms with Gasteiger partial charge in [-0.3, -0.25) is 14.3 Å². The summed E-state index contributed by atoms with van der Waals surface area (Å²) in [5.41, 5.74) is 6.78. The number of amides is 2. The number of aromatic nitrogens is 2. The number of hydrogen-bond donors (Lipinski definition) is 4. The summed E-state index contributed by atoms with van der Waals surface area (Å²) in [7, 11) is 1.74. The molecule has 3 rings (SSSR count). The van der Waals surface area contributed by atoms with Crippen molar-refractivity contribution in [2.24, 2.45) is 12.8 Å². The molecule has 0 aliphatic carbocycles. The molecule has 0 bridgehead atoms. The van der Waals surface area contributed by atoms with Crippen molar-refractivity contribution in [2.75, 3.05) is 25.0 Å². The highest BCUT2D eigenvalue weighted by Gasteiger charge is 2.19. The van der Waals surface area contributed by atoms with Gasteiger partial charge in [-0.05, 0) is 37.2 Å². The van der Waals surface area contributed by atoms with E-state index in [1.807, 2.05) is 6.08 Å². The Balaban J connectivity index is 1.73. The van der Waals surface area contributed by atoms with Crippen LogP contribution in [0.1, 0.15) is 39.4 Å². The molecule has 0 fully saturated rings. The Hall–Kier alpha value is -3.33. The van der Waals surface area contributed by atoms with E-state index < -0.39 is 11.8 Å². The maximum absolute atomic E-state index is 12.5. The molecule has 148 valence electrons. The van der Waals surface area contributed by atoms with E-state index in [0.29, 0.717) is 43.3 Å². The van der Waals surface area contributed by atoms with Crippen LogP contribution in [-0.4, -0.2) is 46.4 Å². The van der Waals surface area contributed by atoms with Gasteiger partial charge in [0.15, 0.2) is 5.69 Å². The molecule has 2 amide bonds. The highest BCUT2D eigenvalue weighted by molar-refractivity contribution is 6.04. The van der Waals surface area contributed by atoms with Crippen LogP contribution in [0.3, 0.4) is 0 Å². The maximum Gasteiger partial charge on any atom is 0.276 e. The van der Waals surface area contributed by atoms with E-state index >= 15 is 0 Å². The summed E-state index contributed by atoms with van der Waals surface area (Å²) in [4.78, 5) is 24.7. The van der Waals surface area contributed by atoms with Crippen LogP contribution in [0.5, 0.6) is 5.75 Å². The smallest absolute Gasteiger partial charge is 0.276 e. The van der Waals surface area contributed by atoms with Crippen LogP contribution in [0.25, 0.3) is 5.76 Å². The van der Waals surface area contributed by atoms with Crippen molar-refractivity contribution in [1.29, 1.82) is 0 Å². The molecule has 1 aromatic carbocycles. The van der Waals surface area contributed by atoms with Crippen LogP contribution in [0.15, 0.2) is 30.3 Å². The highest BCUT2D eigenvalue weighted by Crippen LogP contribution is 2.24. The van der Waals surface area contributed by atoms with E-state index in [2.05, 4.69) is 15.7 Å². The summed E-state index contributed by atoms with van der Waals surface area (Å²) < 4.78 is 7.10. The maximum atomic E-state index is 12.5. The highest BCUT2D eigenvalue weighted by atomic mass is 16.5. The number of carbonyl (C=O) groups excluding carboxylic acids is 2. The van der Waals surface area contributed by atoms with Gasteiger partial charge < -0.3 is 26.2 Å². The van der Waals surface area contributed by atoms with Crippen LogP contribution in [0.2, 0.25) is 0 Å². The second-order valence-electron chi connectivity index (χ2n) is 6.33. The molecule has 0 saturated carbocycles. The summed E-state index contributed by atoms with van der Waals surface area (Å²) in [6.07, 6.45) is 3.41. The molecular formula is C19H23N5O4. The van der Waals surface area contributed by atoms with Gasteiger partial charge in [0.05, 0.1) is 12.2 Å². The number of phenolic OH excluding ortho intramolecular Hbond substituents is 1. The van der Waals surface area contributed by atoms with Gasteiger partial charge in [0, 0.05) is 31.8 Å². The van der Waals surface area contributed by atoms with E-state index in [0.717, 1.165) is 6.42 Å². The lowest BCUT2D eigenvalue weighted by atomic mass is 10.1. The summed E-state index contributed by atoms with van der Waals surface area (Å²) in [6, 6.07) is 5.93. The number of hydrogen-bond acceptors (Lipinski definition) is 6. The molecule has 0 saturated heterocycles. The average molecular weight is 385 g/mol. The zero-order chi connectivity index (χ0) is 20.1. The fourth-order valence-electron chi connectivity index (χ4n) is 2.80. The molecule has 1 aliphatic heterocycles. The van der Waals surface area contributed by atoms with Gasteiger partial charge in [0.25, 0.3) is 11.8 Å². The van der Waals surface area contributed by atoms with Crippen LogP contribution in [0.4, 0.5) is 5.69 Å². The zero-order valence-electron chi connectivity index (χ0n) is 15.6.